The Hall–Kier alpha value is -1.35. The minimum Gasteiger partial charge on any atom is -0.508 e. The van der Waals surface area contributed by atoms with Crippen LogP contribution in [-0.4, -0.2) is 22.6 Å². The largest absolute Gasteiger partial charge is 0.508 e. The van der Waals surface area contributed by atoms with Crippen LogP contribution in [0.15, 0.2) is 17.1 Å². The minimum absolute atomic E-state index is 0. The molecule has 3 N–H and O–H groups in total. The van der Waals surface area contributed by atoms with Gasteiger partial charge in [-0.25, -0.2) is 9.98 Å². The normalized spacial score (nSPS) is 13.7. The van der Waals surface area contributed by atoms with Gasteiger partial charge in [0.15, 0.2) is 5.96 Å². The molecular weight excluding hydrogens is 471 g/mol. The Labute approximate surface area is 182 Å². The number of benzene rings is 1. The van der Waals surface area contributed by atoms with Crippen molar-refractivity contribution >= 4 is 41.3 Å². The van der Waals surface area contributed by atoms with Gasteiger partial charge in [0.2, 0.25) is 0 Å². The monoisotopic (exact) mass is 500 g/mol. The zero-order valence-electron chi connectivity index (χ0n) is 16.3. The fraction of sp³-hybridized carbons (Fsp3) is 0.500. The van der Waals surface area contributed by atoms with E-state index >= 15 is 0 Å². The molecule has 0 saturated heterocycles. The summed E-state index contributed by atoms with van der Waals surface area (Å²) >= 11 is 1.71. The van der Waals surface area contributed by atoms with E-state index in [9.17, 15) is 5.11 Å². The summed E-state index contributed by atoms with van der Waals surface area (Å²) in [6.07, 6.45) is 4.57. The summed E-state index contributed by atoms with van der Waals surface area (Å²) in [6.45, 7) is 8.13. The first-order valence-electron chi connectivity index (χ1n) is 9.36. The maximum atomic E-state index is 10.3. The number of hydrogen-bond donors (Lipinski definition) is 3. The Morgan fingerprint density at radius 3 is 2.70 bits per heavy atom. The van der Waals surface area contributed by atoms with Crippen molar-refractivity contribution in [2.24, 2.45) is 4.99 Å². The number of halogens is 1. The second-order valence-corrected chi connectivity index (χ2v) is 7.99. The van der Waals surface area contributed by atoms with Crippen LogP contribution in [0.3, 0.4) is 0 Å². The molecule has 0 saturated carbocycles. The maximum absolute atomic E-state index is 10.3. The van der Waals surface area contributed by atoms with E-state index in [4.69, 9.17) is 4.99 Å². The smallest absolute Gasteiger partial charge is 0.191 e. The van der Waals surface area contributed by atoms with Crippen LogP contribution in [0, 0.1) is 13.8 Å². The number of nitrogens with zero attached hydrogens (tertiary/aromatic N) is 2. The van der Waals surface area contributed by atoms with Crippen molar-refractivity contribution in [1.82, 2.24) is 15.6 Å². The number of fused-ring (bicyclic) bond motifs is 1. The van der Waals surface area contributed by atoms with E-state index in [1.807, 2.05) is 19.9 Å². The Kier molecular flexibility index (Phi) is 8.34. The maximum Gasteiger partial charge on any atom is 0.191 e. The molecule has 1 aliphatic rings. The number of aliphatic imine (C=N–C) groups is 1. The van der Waals surface area contributed by atoms with E-state index in [1.165, 1.54) is 28.8 Å². The zero-order valence-corrected chi connectivity index (χ0v) is 19.4. The van der Waals surface area contributed by atoms with Gasteiger partial charge >= 0.3 is 0 Å². The summed E-state index contributed by atoms with van der Waals surface area (Å²) in [7, 11) is 0. The molecule has 0 spiro atoms. The first kappa shape index (κ1) is 21.9. The fourth-order valence-electron chi connectivity index (χ4n) is 3.47. The Balaban J connectivity index is 0.00000261. The van der Waals surface area contributed by atoms with Gasteiger partial charge in [-0.05, 0) is 63.6 Å². The van der Waals surface area contributed by atoms with E-state index in [1.54, 1.807) is 11.3 Å². The summed E-state index contributed by atoms with van der Waals surface area (Å²) < 4.78 is 0. The van der Waals surface area contributed by atoms with Gasteiger partial charge in [-0.2, -0.15) is 0 Å². The molecule has 148 valence electrons. The van der Waals surface area contributed by atoms with Crippen LogP contribution in [0.2, 0.25) is 0 Å². The molecule has 27 heavy (non-hydrogen) atoms. The topological polar surface area (TPSA) is 69.5 Å². The molecular formula is C20H29IN4OS. The van der Waals surface area contributed by atoms with Crippen molar-refractivity contribution in [3.8, 4) is 5.75 Å². The Morgan fingerprint density at radius 1 is 1.22 bits per heavy atom. The molecule has 1 heterocycles. The molecule has 0 fully saturated rings. The van der Waals surface area contributed by atoms with Crippen molar-refractivity contribution < 1.29 is 5.11 Å². The third-order valence-electron chi connectivity index (χ3n) is 4.78. The summed E-state index contributed by atoms with van der Waals surface area (Å²) in [5.41, 5.74) is 4.72. The lowest BCUT2D eigenvalue weighted by atomic mass is 9.88. The number of hydrogen-bond acceptors (Lipinski definition) is 4. The lowest BCUT2D eigenvalue weighted by Gasteiger charge is -2.20. The van der Waals surface area contributed by atoms with Crippen LogP contribution in [-0.2, 0) is 25.9 Å². The predicted octanol–water partition coefficient (Wildman–Crippen LogP) is 4.22. The highest BCUT2D eigenvalue weighted by Crippen LogP contribution is 2.31. The molecule has 0 aliphatic heterocycles. The van der Waals surface area contributed by atoms with Crippen molar-refractivity contribution in [2.45, 2.75) is 59.5 Å². The minimum atomic E-state index is 0. The summed E-state index contributed by atoms with van der Waals surface area (Å²) in [5.74, 6) is 1.13. The molecule has 0 radical (unpaired) electrons. The number of aryl methyl sites for hydroxylation is 3. The Morgan fingerprint density at radius 2 is 2.00 bits per heavy atom. The number of aromatic nitrogens is 1. The van der Waals surface area contributed by atoms with Crippen LogP contribution in [0.1, 0.15) is 52.0 Å². The second-order valence-electron chi connectivity index (χ2n) is 6.70. The molecule has 7 heteroatoms. The molecule has 1 aromatic heterocycles. The average molecular weight is 500 g/mol. The van der Waals surface area contributed by atoms with Crippen LogP contribution in [0.4, 0.5) is 0 Å². The molecule has 0 atom stereocenters. The van der Waals surface area contributed by atoms with Crippen molar-refractivity contribution in [2.75, 3.05) is 6.54 Å². The zero-order chi connectivity index (χ0) is 18.5. The van der Waals surface area contributed by atoms with Gasteiger partial charge < -0.3 is 15.7 Å². The number of nitrogens with one attached hydrogen (secondary N) is 2. The Bertz CT molecular complexity index is 804. The predicted molar refractivity (Wildman–Crippen MR) is 123 cm³/mol. The first-order chi connectivity index (χ1) is 12.6. The van der Waals surface area contributed by atoms with Crippen molar-refractivity contribution in [3.63, 3.8) is 0 Å². The van der Waals surface area contributed by atoms with E-state index in [-0.39, 0.29) is 24.0 Å². The summed E-state index contributed by atoms with van der Waals surface area (Å²) in [4.78, 5) is 10.4. The first-order valence-corrected chi connectivity index (χ1v) is 10.2. The molecule has 1 aliphatic carbocycles. The number of thiazole rings is 1. The molecule has 0 bridgehead atoms. The lowest BCUT2D eigenvalue weighted by molar-refractivity contribution is 0.465. The molecule has 3 rings (SSSR count). The van der Waals surface area contributed by atoms with Crippen LogP contribution in [0.5, 0.6) is 5.75 Å². The molecule has 5 nitrogen and oxygen atoms in total. The molecule has 0 amide bonds. The van der Waals surface area contributed by atoms with Crippen molar-refractivity contribution in [3.05, 3.63) is 44.4 Å². The third-order valence-corrected chi connectivity index (χ3v) is 5.85. The van der Waals surface area contributed by atoms with Crippen LogP contribution in [0.25, 0.3) is 0 Å². The van der Waals surface area contributed by atoms with E-state index in [0.29, 0.717) is 18.8 Å². The standard InChI is InChI=1S/C20H28N4OS.HI/c1-4-21-20(23-12-19-13(2)24-14(3)26-19)22-11-17-16-8-6-5-7-15(16)9-10-18(17)25;/h9-10,25H,4-8,11-12H2,1-3H3,(H2,21,22,23);1H. The highest BCUT2D eigenvalue weighted by Gasteiger charge is 2.16. The van der Waals surface area contributed by atoms with E-state index in [2.05, 4.69) is 28.6 Å². The summed E-state index contributed by atoms with van der Waals surface area (Å²) in [6, 6.07) is 3.88. The second kappa shape index (κ2) is 10.3. The van der Waals surface area contributed by atoms with E-state index in [0.717, 1.165) is 41.6 Å². The van der Waals surface area contributed by atoms with Gasteiger partial charge in [0.25, 0.3) is 0 Å². The number of phenols is 1. The van der Waals surface area contributed by atoms with Gasteiger partial charge in [-0.15, -0.1) is 35.3 Å². The van der Waals surface area contributed by atoms with Crippen molar-refractivity contribution in [1.29, 1.82) is 0 Å². The number of rotatable bonds is 5. The molecule has 2 aromatic rings. The SMILES string of the molecule is CCNC(=NCc1c(O)ccc2c1CCCC2)NCc1sc(C)nc1C.I. The van der Waals surface area contributed by atoms with Gasteiger partial charge in [0.1, 0.15) is 5.75 Å². The van der Waals surface area contributed by atoms with Gasteiger partial charge in [0, 0.05) is 17.0 Å². The number of guanidine groups is 1. The average Bonchev–Trinajstić information content (AvgIpc) is 2.96. The highest BCUT2D eigenvalue weighted by atomic mass is 127. The summed E-state index contributed by atoms with van der Waals surface area (Å²) in [5, 5.41) is 18.1. The number of phenolic OH excluding ortho intramolecular Hbond substituents is 1. The van der Waals surface area contributed by atoms with Gasteiger partial charge in [0.05, 0.1) is 23.8 Å². The number of aromatic hydroxyl groups is 1. The highest BCUT2D eigenvalue weighted by molar-refractivity contribution is 14.0. The van der Waals surface area contributed by atoms with Gasteiger partial charge in [-0.1, -0.05) is 6.07 Å². The van der Waals surface area contributed by atoms with Gasteiger partial charge in [-0.3, -0.25) is 0 Å². The fourth-order valence-corrected chi connectivity index (χ4v) is 4.35. The molecule has 1 aromatic carbocycles. The lowest BCUT2D eigenvalue weighted by Crippen LogP contribution is -2.36. The van der Waals surface area contributed by atoms with E-state index < -0.39 is 0 Å². The van der Waals surface area contributed by atoms with Crippen LogP contribution >= 0.6 is 35.3 Å². The third kappa shape index (κ3) is 5.57. The van der Waals surface area contributed by atoms with Crippen LogP contribution < -0.4 is 10.6 Å². The molecule has 0 unspecified atom stereocenters. The quantitative estimate of drug-likeness (QED) is 0.327.